The Hall–Kier alpha value is -1.26. The van der Waals surface area contributed by atoms with Crippen LogP contribution < -0.4 is 10.5 Å². The third-order valence-electron chi connectivity index (χ3n) is 3.58. The fraction of sp³-hybridized carbons (Fsp3) is 0.600. The molecule has 19 heavy (non-hydrogen) atoms. The highest BCUT2D eigenvalue weighted by Gasteiger charge is 2.11. The molecule has 106 valence electrons. The average molecular weight is 263 g/mol. The van der Waals surface area contributed by atoms with E-state index in [1.807, 2.05) is 24.3 Å². The lowest BCUT2D eigenvalue weighted by molar-refractivity contribution is 0.237. The SMILES string of the molecule is CN1CCCN(CCCOc2ccc(N)cc2)CC1. The lowest BCUT2D eigenvalue weighted by atomic mass is 10.3. The molecule has 0 radical (unpaired) electrons. The Balaban J connectivity index is 1.62. The minimum atomic E-state index is 0.774. The summed E-state index contributed by atoms with van der Waals surface area (Å²) in [4.78, 5) is 4.95. The molecule has 1 aliphatic heterocycles. The highest BCUT2D eigenvalue weighted by molar-refractivity contribution is 5.41. The fourth-order valence-electron chi connectivity index (χ4n) is 2.37. The number of nitrogens with zero attached hydrogens (tertiary/aromatic N) is 2. The summed E-state index contributed by atoms with van der Waals surface area (Å²) in [5.41, 5.74) is 6.42. The number of anilines is 1. The van der Waals surface area contributed by atoms with E-state index in [9.17, 15) is 0 Å². The smallest absolute Gasteiger partial charge is 0.119 e. The average Bonchev–Trinajstić information content (AvgIpc) is 2.62. The second kappa shape index (κ2) is 7.36. The summed E-state index contributed by atoms with van der Waals surface area (Å²) in [6, 6.07) is 7.60. The van der Waals surface area contributed by atoms with E-state index >= 15 is 0 Å². The zero-order chi connectivity index (χ0) is 13.5. The molecule has 2 rings (SSSR count). The van der Waals surface area contributed by atoms with Gasteiger partial charge in [-0.1, -0.05) is 0 Å². The van der Waals surface area contributed by atoms with E-state index in [1.165, 1.54) is 32.6 Å². The van der Waals surface area contributed by atoms with E-state index in [2.05, 4.69) is 16.8 Å². The topological polar surface area (TPSA) is 41.7 Å². The van der Waals surface area contributed by atoms with Crippen LogP contribution in [0.1, 0.15) is 12.8 Å². The van der Waals surface area contributed by atoms with Gasteiger partial charge in [0.25, 0.3) is 0 Å². The lowest BCUT2D eigenvalue weighted by Gasteiger charge is -2.19. The summed E-state index contributed by atoms with van der Waals surface area (Å²) in [5.74, 6) is 0.907. The predicted octanol–water partition coefficient (Wildman–Crippen LogP) is 1.68. The van der Waals surface area contributed by atoms with Crippen molar-refractivity contribution >= 4 is 5.69 Å². The van der Waals surface area contributed by atoms with Gasteiger partial charge in [-0.05, 0) is 57.2 Å². The number of nitrogens with two attached hydrogens (primary N) is 1. The molecular weight excluding hydrogens is 238 g/mol. The van der Waals surface area contributed by atoms with Crippen molar-refractivity contribution in [2.45, 2.75) is 12.8 Å². The Morgan fingerprint density at radius 3 is 2.68 bits per heavy atom. The molecule has 0 atom stereocenters. The molecule has 0 aliphatic carbocycles. The van der Waals surface area contributed by atoms with E-state index in [0.717, 1.165) is 31.0 Å². The minimum Gasteiger partial charge on any atom is -0.494 e. The second-order valence-electron chi connectivity index (χ2n) is 5.27. The minimum absolute atomic E-state index is 0.774. The van der Waals surface area contributed by atoms with Crippen molar-refractivity contribution in [3.63, 3.8) is 0 Å². The monoisotopic (exact) mass is 263 g/mol. The molecule has 4 heteroatoms. The van der Waals surface area contributed by atoms with Crippen LogP contribution in [-0.2, 0) is 0 Å². The van der Waals surface area contributed by atoms with Gasteiger partial charge in [-0.3, -0.25) is 0 Å². The quantitative estimate of drug-likeness (QED) is 0.648. The van der Waals surface area contributed by atoms with Crippen LogP contribution in [0.4, 0.5) is 5.69 Å². The van der Waals surface area contributed by atoms with Crippen molar-refractivity contribution in [3.05, 3.63) is 24.3 Å². The Morgan fingerprint density at radius 2 is 1.89 bits per heavy atom. The van der Waals surface area contributed by atoms with Gasteiger partial charge in [0.05, 0.1) is 6.61 Å². The Kier molecular flexibility index (Phi) is 5.48. The van der Waals surface area contributed by atoms with E-state index in [-0.39, 0.29) is 0 Å². The Labute approximate surface area is 116 Å². The molecule has 1 aromatic rings. The molecule has 2 N–H and O–H groups in total. The van der Waals surface area contributed by atoms with Gasteiger partial charge < -0.3 is 20.3 Å². The summed E-state index contributed by atoms with van der Waals surface area (Å²) >= 11 is 0. The van der Waals surface area contributed by atoms with E-state index < -0.39 is 0 Å². The largest absolute Gasteiger partial charge is 0.494 e. The highest BCUT2D eigenvalue weighted by Crippen LogP contribution is 2.13. The lowest BCUT2D eigenvalue weighted by Crippen LogP contribution is -2.30. The molecule has 1 fully saturated rings. The van der Waals surface area contributed by atoms with Crippen molar-refractivity contribution in [1.29, 1.82) is 0 Å². The fourth-order valence-corrected chi connectivity index (χ4v) is 2.37. The van der Waals surface area contributed by atoms with Crippen molar-refractivity contribution in [1.82, 2.24) is 9.80 Å². The molecule has 0 spiro atoms. The maximum atomic E-state index is 5.71. The first kappa shape index (κ1) is 14.2. The first-order valence-electron chi connectivity index (χ1n) is 7.13. The second-order valence-corrected chi connectivity index (χ2v) is 5.27. The standard InChI is InChI=1S/C15H25N3O/c1-17-8-2-9-18(12-11-17)10-3-13-19-15-6-4-14(16)5-7-15/h4-7H,2-3,8-13,16H2,1H3. The van der Waals surface area contributed by atoms with Crippen molar-refractivity contribution in [3.8, 4) is 5.75 Å². The first-order chi connectivity index (χ1) is 9.24. The van der Waals surface area contributed by atoms with Crippen LogP contribution in [-0.4, -0.2) is 56.2 Å². The van der Waals surface area contributed by atoms with E-state index in [1.54, 1.807) is 0 Å². The molecule has 0 aromatic heterocycles. The maximum Gasteiger partial charge on any atom is 0.119 e. The van der Waals surface area contributed by atoms with Crippen LogP contribution in [0.25, 0.3) is 0 Å². The maximum absolute atomic E-state index is 5.71. The summed E-state index contributed by atoms with van der Waals surface area (Å²) in [5, 5.41) is 0. The number of likely N-dealkylation sites (N-methyl/N-ethyl adjacent to an activating group) is 1. The summed E-state index contributed by atoms with van der Waals surface area (Å²) in [7, 11) is 2.20. The van der Waals surface area contributed by atoms with Gasteiger partial charge in [-0.15, -0.1) is 0 Å². The van der Waals surface area contributed by atoms with E-state index in [4.69, 9.17) is 10.5 Å². The van der Waals surface area contributed by atoms with Crippen molar-refractivity contribution < 1.29 is 4.74 Å². The summed E-state index contributed by atoms with van der Waals surface area (Å²) in [6.07, 6.45) is 2.35. The third-order valence-corrected chi connectivity index (χ3v) is 3.58. The molecule has 0 amide bonds. The van der Waals surface area contributed by atoms with Gasteiger partial charge in [0, 0.05) is 25.3 Å². The summed E-state index contributed by atoms with van der Waals surface area (Å²) < 4.78 is 5.71. The van der Waals surface area contributed by atoms with Crippen LogP contribution in [0, 0.1) is 0 Å². The molecule has 1 aromatic carbocycles. The number of hydrogen-bond acceptors (Lipinski definition) is 4. The Morgan fingerprint density at radius 1 is 1.11 bits per heavy atom. The molecule has 4 nitrogen and oxygen atoms in total. The van der Waals surface area contributed by atoms with Crippen molar-refractivity contribution in [2.24, 2.45) is 0 Å². The number of benzene rings is 1. The predicted molar refractivity (Wildman–Crippen MR) is 79.5 cm³/mol. The molecule has 0 saturated carbocycles. The van der Waals surface area contributed by atoms with Gasteiger partial charge in [0.15, 0.2) is 0 Å². The molecule has 0 bridgehead atoms. The number of ether oxygens (including phenoxy) is 1. The first-order valence-corrected chi connectivity index (χ1v) is 7.13. The van der Waals surface area contributed by atoms with Gasteiger partial charge in [-0.25, -0.2) is 0 Å². The normalized spacial score (nSPS) is 18.2. The molecule has 1 heterocycles. The number of hydrogen-bond donors (Lipinski definition) is 1. The third kappa shape index (κ3) is 5.09. The van der Waals surface area contributed by atoms with Gasteiger partial charge in [-0.2, -0.15) is 0 Å². The highest BCUT2D eigenvalue weighted by atomic mass is 16.5. The summed E-state index contributed by atoms with van der Waals surface area (Å²) in [6.45, 7) is 6.70. The van der Waals surface area contributed by atoms with Crippen LogP contribution in [0.15, 0.2) is 24.3 Å². The van der Waals surface area contributed by atoms with Gasteiger partial charge in [0.1, 0.15) is 5.75 Å². The molecule has 1 aliphatic rings. The number of nitrogen functional groups attached to an aromatic ring is 1. The van der Waals surface area contributed by atoms with Crippen LogP contribution in [0.2, 0.25) is 0 Å². The molecule has 1 saturated heterocycles. The van der Waals surface area contributed by atoms with Gasteiger partial charge >= 0.3 is 0 Å². The van der Waals surface area contributed by atoms with Gasteiger partial charge in [0.2, 0.25) is 0 Å². The van der Waals surface area contributed by atoms with Crippen molar-refractivity contribution in [2.75, 3.05) is 52.1 Å². The van der Waals surface area contributed by atoms with E-state index in [0.29, 0.717) is 0 Å². The molecular formula is C15H25N3O. The Bertz CT molecular complexity index is 366. The zero-order valence-corrected chi connectivity index (χ0v) is 11.8. The zero-order valence-electron chi connectivity index (χ0n) is 11.8. The van der Waals surface area contributed by atoms with Crippen LogP contribution in [0.3, 0.4) is 0 Å². The molecule has 0 unspecified atom stereocenters. The van der Waals surface area contributed by atoms with Crippen LogP contribution in [0.5, 0.6) is 5.75 Å². The number of rotatable bonds is 5. The van der Waals surface area contributed by atoms with Crippen LogP contribution >= 0.6 is 0 Å².